The molecular formula is C29H42NO8P. The molecule has 1 amide bonds. The number of alkyl carbamates (subject to hydrolysis) is 1. The summed E-state index contributed by atoms with van der Waals surface area (Å²) in [6.45, 7) is 12.8. The van der Waals surface area contributed by atoms with Crippen molar-refractivity contribution in [3.05, 3.63) is 61.6 Å². The number of phosphoric acid groups is 1. The highest BCUT2D eigenvalue weighted by molar-refractivity contribution is 7.48. The lowest BCUT2D eigenvalue weighted by molar-refractivity contribution is 0.0320. The van der Waals surface area contributed by atoms with Gasteiger partial charge in [0, 0.05) is 12.8 Å². The number of carbonyl (C=O) groups excluding carboxylic acids is 1. The molecule has 0 saturated heterocycles. The van der Waals surface area contributed by atoms with E-state index in [4.69, 9.17) is 27.5 Å². The van der Waals surface area contributed by atoms with Crippen LogP contribution >= 0.6 is 7.82 Å². The Morgan fingerprint density at radius 3 is 2.46 bits per heavy atom. The van der Waals surface area contributed by atoms with Crippen molar-refractivity contribution < 1.29 is 36.8 Å². The number of furan rings is 1. The zero-order valence-corrected chi connectivity index (χ0v) is 23.9. The summed E-state index contributed by atoms with van der Waals surface area (Å²) in [5, 5.41) is 2.78. The number of nitrogens with one attached hydrogen (secondary N) is 1. The normalized spacial score (nSPS) is 15.4. The Labute approximate surface area is 232 Å². The van der Waals surface area contributed by atoms with Gasteiger partial charge in [0.1, 0.15) is 12.4 Å². The summed E-state index contributed by atoms with van der Waals surface area (Å²) < 4.78 is 45.9. The van der Waals surface area contributed by atoms with Crippen LogP contribution in [-0.2, 0) is 34.0 Å². The molecule has 1 heterocycles. The number of rotatable bonds is 18. The van der Waals surface area contributed by atoms with E-state index in [1.54, 1.807) is 6.92 Å². The lowest BCUT2D eigenvalue weighted by Gasteiger charge is -2.31. The highest BCUT2D eigenvalue weighted by atomic mass is 31.2. The number of hydrogen-bond acceptors (Lipinski definition) is 8. The number of aryl methyl sites for hydroxylation is 1. The summed E-state index contributed by atoms with van der Waals surface area (Å²) >= 11 is 0. The van der Waals surface area contributed by atoms with Gasteiger partial charge in [0.15, 0.2) is 5.76 Å². The maximum Gasteiger partial charge on any atom is 0.475 e. The fraction of sp³-hybridized carbons (Fsp3) is 0.552. The maximum atomic E-state index is 13.0. The number of amides is 1. The fourth-order valence-electron chi connectivity index (χ4n) is 3.85. The van der Waals surface area contributed by atoms with Crippen LogP contribution in [0.2, 0.25) is 0 Å². The molecule has 0 spiro atoms. The highest BCUT2D eigenvalue weighted by Crippen LogP contribution is 2.50. The Morgan fingerprint density at radius 1 is 1.10 bits per heavy atom. The van der Waals surface area contributed by atoms with Crippen molar-refractivity contribution >= 4 is 13.9 Å². The van der Waals surface area contributed by atoms with Gasteiger partial charge in [0.25, 0.3) is 0 Å². The Morgan fingerprint density at radius 2 is 1.79 bits per heavy atom. The molecule has 1 saturated carbocycles. The molecule has 2 rings (SSSR count). The molecule has 216 valence electrons. The summed E-state index contributed by atoms with van der Waals surface area (Å²) in [5.74, 6) is 7.37. The SMILES string of the molecule is C=CCOC(=O)N[C@](C)(CCc1ccc(C#CCCOC2CCCCC2)o1)COP(=O)(OCC=C)OCC=C. The summed E-state index contributed by atoms with van der Waals surface area (Å²) in [6.07, 6.45) is 11.5. The van der Waals surface area contributed by atoms with Crippen LogP contribution in [0.15, 0.2) is 54.5 Å². The minimum Gasteiger partial charge on any atom is -0.453 e. The van der Waals surface area contributed by atoms with E-state index in [9.17, 15) is 9.36 Å². The molecule has 0 bridgehead atoms. The number of carbonyl (C=O) groups is 1. The first kappa shape index (κ1) is 32.6. The summed E-state index contributed by atoms with van der Waals surface area (Å²) in [4.78, 5) is 12.3. The van der Waals surface area contributed by atoms with Crippen LogP contribution in [0.25, 0.3) is 0 Å². The maximum absolute atomic E-state index is 13.0. The number of phosphoric ester groups is 1. The van der Waals surface area contributed by atoms with Crippen molar-refractivity contribution in [2.75, 3.05) is 33.0 Å². The molecule has 1 N–H and O–H groups in total. The third kappa shape index (κ3) is 13.3. The van der Waals surface area contributed by atoms with Gasteiger partial charge >= 0.3 is 13.9 Å². The van der Waals surface area contributed by atoms with Crippen molar-refractivity contribution in [1.82, 2.24) is 5.32 Å². The third-order valence-corrected chi connectivity index (χ3v) is 7.28. The lowest BCUT2D eigenvalue weighted by Crippen LogP contribution is -2.50. The number of ether oxygens (including phenoxy) is 2. The largest absolute Gasteiger partial charge is 0.475 e. The van der Waals surface area contributed by atoms with Gasteiger partial charge in [0.2, 0.25) is 0 Å². The van der Waals surface area contributed by atoms with Gasteiger partial charge in [-0.05, 0) is 44.2 Å². The van der Waals surface area contributed by atoms with Gasteiger partial charge < -0.3 is 19.2 Å². The van der Waals surface area contributed by atoms with Gasteiger partial charge in [-0.3, -0.25) is 13.6 Å². The Kier molecular flexibility index (Phi) is 15.0. The van der Waals surface area contributed by atoms with Crippen LogP contribution in [0.5, 0.6) is 0 Å². The molecule has 10 heteroatoms. The van der Waals surface area contributed by atoms with E-state index < -0.39 is 19.5 Å². The van der Waals surface area contributed by atoms with E-state index in [1.807, 2.05) is 12.1 Å². The Hall–Kier alpha value is -2.60. The van der Waals surface area contributed by atoms with Crippen LogP contribution < -0.4 is 5.32 Å². The van der Waals surface area contributed by atoms with Crippen LogP contribution in [0.3, 0.4) is 0 Å². The molecule has 0 unspecified atom stereocenters. The van der Waals surface area contributed by atoms with Gasteiger partial charge in [-0.25, -0.2) is 9.36 Å². The van der Waals surface area contributed by atoms with E-state index in [-0.39, 0.29) is 26.4 Å². The van der Waals surface area contributed by atoms with Crippen molar-refractivity contribution in [3.8, 4) is 11.8 Å². The second-order valence-electron chi connectivity index (χ2n) is 9.41. The molecular weight excluding hydrogens is 521 g/mol. The second-order valence-corrected chi connectivity index (χ2v) is 11.1. The first-order valence-corrected chi connectivity index (χ1v) is 14.8. The minimum atomic E-state index is -3.94. The van der Waals surface area contributed by atoms with Crippen LogP contribution in [0.4, 0.5) is 4.79 Å². The molecule has 1 aromatic heterocycles. The Bertz CT molecular complexity index is 1000. The summed E-state index contributed by atoms with van der Waals surface area (Å²) in [7, 11) is -3.94. The quantitative estimate of drug-likeness (QED) is 0.0934. The fourth-order valence-corrected chi connectivity index (χ4v) is 5.09. The third-order valence-electron chi connectivity index (χ3n) is 5.91. The minimum absolute atomic E-state index is 0.0388. The topological polar surface area (TPSA) is 105 Å². The second kappa shape index (κ2) is 17.9. The molecule has 0 aliphatic heterocycles. The van der Waals surface area contributed by atoms with Crippen molar-refractivity contribution in [1.29, 1.82) is 0 Å². The van der Waals surface area contributed by atoms with Crippen molar-refractivity contribution in [2.45, 2.75) is 69.9 Å². The predicted molar refractivity (Wildman–Crippen MR) is 150 cm³/mol. The van der Waals surface area contributed by atoms with Gasteiger partial charge in [-0.15, -0.1) is 13.2 Å². The van der Waals surface area contributed by atoms with Crippen LogP contribution in [-0.4, -0.2) is 50.8 Å². The zero-order chi connectivity index (χ0) is 28.4. The van der Waals surface area contributed by atoms with E-state index >= 15 is 0 Å². The standard InChI is InChI=1S/C29H42NO8P/c1-5-20-34-28(31)30-29(4,24-37-39(32,35-21-6-2)36-22-7-3)19-18-27-17-16-26(38-27)15-11-12-23-33-25-13-9-8-10-14-25/h5-7,16-17,25H,1-3,8-10,12-14,18-24H2,4H3,(H,30,31)/t29-/m1/s1. The smallest absolute Gasteiger partial charge is 0.453 e. The average molecular weight is 564 g/mol. The van der Waals surface area contributed by atoms with E-state index in [2.05, 4.69) is 36.9 Å². The Balaban J connectivity index is 1.96. The van der Waals surface area contributed by atoms with Crippen molar-refractivity contribution in [2.24, 2.45) is 0 Å². The average Bonchev–Trinajstić information content (AvgIpc) is 3.40. The van der Waals surface area contributed by atoms with Crippen LogP contribution in [0, 0.1) is 11.8 Å². The molecule has 1 aromatic rings. The van der Waals surface area contributed by atoms with E-state index in [0.717, 1.165) is 12.8 Å². The van der Waals surface area contributed by atoms with Crippen LogP contribution in [0.1, 0.15) is 63.4 Å². The summed E-state index contributed by atoms with van der Waals surface area (Å²) in [5.41, 5.74) is -1.00. The first-order chi connectivity index (χ1) is 18.8. The van der Waals surface area contributed by atoms with E-state index in [0.29, 0.717) is 43.5 Å². The van der Waals surface area contributed by atoms with Gasteiger partial charge in [0.05, 0.1) is 38.1 Å². The molecule has 1 fully saturated rings. The summed E-state index contributed by atoms with van der Waals surface area (Å²) in [6, 6.07) is 3.65. The van der Waals surface area contributed by atoms with E-state index in [1.165, 1.54) is 37.5 Å². The lowest BCUT2D eigenvalue weighted by atomic mass is 9.96. The molecule has 0 aromatic carbocycles. The predicted octanol–water partition coefficient (Wildman–Crippen LogP) is 6.50. The van der Waals surface area contributed by atoms with Gasteiger partial charge in [-0.1, -0.05) is 50.0 Å². The number of hydrogen-bond donors (Lipinski definition) is 1. The molecule has 0 radical (unpaired) electrons. The molecule has 1 atom stereocenters. The zero-order valence-electron chi connectivity index (χ0n) is 23.0. The molecule has 1 aliphatic rings. The monoisotopic (exact) mass is 563 g/mol. The molecule has 1 aliphatic carbocycles. The van der Waals surface area contributed by atoms with Crippen molar-refractivity contribution in [3.63, 3.8) is 0 Å². The highest BCUT2D eigenvalue weighted by Gasteiger charge is 2.34. The molecule has 9 nitrogen and oxygen atoms in total. The first-order valence-electron chi connectivity index (χ1n) is 13.3. The van der Waals surface area contributed by atoms with Gasteiger partial charge in [-0.2, -0.15) is 0 Å². The molecule has 39 heavy (non-hydrogen) atoms.